The molecule has 2 aromatic carbocycles. The van der Waals surface area contributed by atoms with E-state index in [2.05, 4.69) is 0 Å². The predicted octanol–water partition coefficient (Wildman–Crippen LogP) is 2.53. The number of aromatic hydroxyl groups is 1. The highest BCUT2D eigenvalue weighted by Gasteiger charge is 2.32. The number of hydrogen-bond acceptors (Lipinski definition) is 3. The van der Waals surface area contributed by atoms with Gasteiger partial charge in [-0.1, -0.05) is 30.3 Å². The molecule has 0 radical (unpaired) electrons. The first-order valence-electron chi connectivity index (χ1n) is 7.20. The standard InChI is InChI=1S/C17H19NO3/c1-17(21)9-4-10-18(11-17)16(20)14-8-7-12-5-2-3-6-13(12)15(14)19/h2-3,5-8,19,21H,4,9-11H2,1H3. The maximum atomic E-state index is 12.6. The Morgan fingerprint density at radius 1 is 1.24 bits per heavy atom. The Bertz CT molecular complexity index is 693. The molecule has 4 heteroatoms. The number of β-amino-alcohol motifs (C(OH)–C–C–N with tert-alkyl or cyclic N) is 1. The van der Waals surface area contributed by atoms with Crippen LogP contribution in [0.25, 0.3) is 10.8 Å². The van der Waals surface area contributed by atoms with Gasteiger partial charge in [0.15, 0.2) is 0 Å². The molecule has 0 bridgehead atoms. The molecule has 110 valence electrons. The highest BCUT2D eigenvalue weighted by molar-refractivity contribution is 6.03. The zero-order valence-electron chi connectivity index (χ0n) is 12.0. The van der Waals surface area contributed by atoms with Crippen molar-refractivity contribution in [3.63, 3.8) is 0 Å². The number of carbonyl (C=O) groups excluding carboxylic acids is 1. The van der Waals surface area contributed by atoms with E-state index in [4.69, 9.17) is 0 Å². The Hall–Kier alpha value is -2.07. The van der Waals surface area contributed by atoms with E-state index in [0.29, 0.717) is 30.5 Å². The maximum Gasteiger partial charge on any atom is 0.257 e. The Morgan fingerprint density at radius 2 is 2.00 bits per heavy atom. The van der Waals surface area contributed by atoms with Crippen molar-refractivity contribution < 1.29 is 15.0 Å². The van der Waals surface area contributed by atoms with Crippen LogP contribution in [0.2, 0.25) is 0 Å². The van der Waals surface area contributed by atoms with Gasteiger partial charge in [0.2, 0.25) is 0 Å². The minimum absolute atomic E-state index is 0.0170. The lowest BCUT2D eigenvalue weighted by molar-refractivity contribution is -0.0108. The topological polar surface area (TPSA) is 60.8 Å². The van der Waals surface area contributed by atoms with Gasteiger partial charge >= 0.3 is 0 Å². The van der Waals surface area contributed by atoms with E-state index in [1.165, 1.54) is 0 Å². The normalized spacial score (nSPS) is 22.5. The van der Waals surface area contributed by atoms with Crippen LogP contribution in [0.1, 0.15) is 30.1 Å². The zero-order valence-corrected chi connectivity index (χ0v) is 12.0. The van der Waals surface area contributed by atoms with Crippen molar-refractivity contribution in [2.75, 3.05) is 13.1 Å². The molecular formula is C17H19NO3. The highest BCUT2D eigenvalue weighted by atomic mass is 16.3. The number of phenolic OH excluding ortho intramolecular Hbond substituents is 1. The third-order valence-electron chi connectivity index (χ3n) is 4.09. The summed E-state index contributed by atoms with van der Waals surface area (Å²) in [6.45, 7) is 2.66. The summed E-state index contributed by atoms with van der Waals surface area (Å²) in [4.78, 5) is 14.2. The number of aliphatic hydroxyl groups is 1. The molecule has 1 heterocycles. The number of likely N-dealkylation sites (tertiary alicyclic amines) is 1. The number of carbonyl (C=O) groups is 1. The summed E-state index contributed by atoms with van der Waals surface area (Å²) >= 11 is 0. The molecule has 21 heavy (non-hydrogen) atoms. The summed E-state index contributed by atoms with van der Waals surface area (Å²) in [5.74, 6) is -0.207. The third-order valence-corrected chi connectivity index (χ3v) is 4.09. The average Bonchev–Trinajstić information content (AvgIpc) is 2.46. The molecule has 0 aliphatic carbocycles. The lowest BCUT2D eigenvalue weighted by Crippen LogP contribution is -2.48. The molecule has 1 saturated heterocycles. The number of hydrogen-bond donors (Lipinski definition) is 2. The summed E-state index contributed by atoms with van der Waals surface area (Å²) in [5.41, 5.74) is -0.549. The van der Waals surface area contributed by atoms with Gasteiger partial charge in [0.25, 0.3) is 5.91 Å². The van der Waals surface area contributed by atoms with Crippen LogP contribution >= 0.6 is 0 Å². The fourth-order valence-electron chi connectivity index (χ4n) is 2.99. The molecule has 0 aromatic heterocycles. The van der Waals surface area contributed by atoms with Crippen LogP contribution in [0.5, 0.6) is 5.75 Å². The first-order chi connectivity index (χ1) is 9.98. The molecule has 1 aliphatic heterocycles. The largest absolute Gasteiger partial charge is 0.506 e. The number of fused-ring (bicyclic) bond motifs is 1. The minimum atomic E-state index is -0.847. The molecule has 1 amide bonds. The van der Waals surface area contributed by atoms with E-state index in [9.17, 15) is 15.0 Å². The van der Waals surface area contributed by atoms with E-state index in [1.54, 1.807) is 24.0 Å². The third kappa shape index (κ3) is 2.59. The quantitative estimate of drug-likeness (QED) is 0.846. The van der Waals surface area contributed by atoms with Crippen LogP contribution in [0, 0.1) is 0 Å². The molecular weight excluding hydrogens is 266 g/mol. The van der Waals surface area contributed by atoms with Crippen LogP contribution < -0.4 is 0 Å². The van der Waals surface area contributed by atoms with Gasteiger partial charge in [-0.15, -0.1) is 0 Å². The number of rotatable bonds is 1. The van der Waals surface area contributed by atoms with Crippen molar-refractivity contribution in [3.05, 3.63) is 42.0 Å². The van der Waals surface area contributed by atoms with Crippen molar-refractivity contribution in [1.29, 1.82) is 0 Å². The first kappa shape index (κ1) is 13.9. The van der Waals surface area contributed by atoms with E-state index in [-0.39, 0.29) is 11.7 Å². The Labute approximate surface area is 123 Å². The van der Waals surface area contributed by atoms with E-state index >= 15 is 0 Å². The molecule has 1 unspecified atom stereocenters. The molecule has 4 nitrogen and oxygen atoms in total. The fourth-order valence-corrected chi connectivity index (χ4v) is 2.99. The summed E-state index contributed by atoms with van der Waals surface area (Å²) in [7, 11) is 0. The lowest BCUT2D eigenvalue weighted by Gasteiger charge is -2.37. The van der Waals surface area contributed by atoms with Gasteiger partial charge in [-0.05, 0) is 31.2 Å². The van der Waals surface area contributed by atoms with E-state index in [1.807, 2.05) is 24.3 Å². The number of benzene rings is 2. The Balaban J connectivity index is 1.96. The smallest absolute Gasteiger partial charge is 0.257 e. The van der Waals surface area contributed by atoms with Gasteiger partial charge in [0, 0.05) is 18.5 Å². The van der Waals surface area contributed by atoms with Crippen LogP contribution in [0.4, 0.5) is 0 Å². The van der Waals surface area contributed by atoms with Crippen LogP contribution in [-0.2, 0) is 0 Å². The number of nitrogens with zero attached hydrogens (tertiary/aromatic N) is 1. The first-order valence-corrected chi connectivity index (χ1v) is 7.20. The number of piperidine rings is 1. The fraction of sp³-hybridized carbons (Fsp3) is 0.353. The van der Waals surface area contributed by atoms with E-state index < -0.39 is 5.60 Å². The predicted molar refractivity (Wildman–Crippen MR) is 81.4 cm³/mol. The zero-order chi connectivity index (χ0) is 15.0. The number of phenols is 1. The number of amides is 1. The summed E-state index contributed by atoms with van der Waals surface area (Å²) in [6, 6.07) is 10.9. The second-order valence-corrected chi connectivity index (χ2v) is 6.01. The molecule has 0 spiro atoms. The van der Waals surface area contributed by atoms with Gasteiger partial charge in [-0.25, -0.2) is 0 Å². The minimum Gasteiger partial charge on any atom is -0.506 e. The van der Waals surface area contributed by atoms with Crippen LogP contribution in [-0.4, -0.2) is 39.7 Å². The van der Waals surface area contributed by atoms with Crippen molar-refractivity contribution in [2.45, 2.75) is 25.4 Å². The molecule has 2 aromatic rings. The maximum absolute atomic E-state index is 12.6. The van der Waals surface area contributed by atoms with Gasteiger partial charge < -0.3 is 15.1 Å². The van der Waals surface area contributed by atoms with Crippen molar-refractivity contribution in [2.24, 2.45) is 0 Å². The van der Waals surface area contributed by atoms with Crippen LogP contribution in [0.15, 0.2) is 36.4 Å². The summed E-state index contributed by atoms with van der Waals surface area (Å²) in [6.07, 6.45) is 1.47. The summed E-state index contributed by atoms with van der Waals surface area (Å²) < 4.78 is 0. The van der Waals surface area contributed by atoms with Gasteiger partial charge in [0.1, 0.15) is 5.75 Å². The monoisotopic (exact) mass is 285 g/mol. The molecule has 2 N–H and O–H groups in total. The lowest BCUT2D eigenvalue weighted by atomic mass is 9.94. The average molecular weight is 285 g/mol. The Morgan fingerprint density at radius 3 is 2.76 bits per heavy atom. The van der Waals surface area contributed by atoms with Gasteiger partial charge in [-0.3, -0.25) is 4.79 Å². The Kier molecular flexibility index (Phi) is 3.33. The molecule has 3 rings (SSSR count). The van der Waals surface area contributed by atoms with E-state index in [0.717, 1.165) is 11.8 Å². The highest BCUT2D eigenvalue weighted by Crippen LogP contribution is 2.30. The van der Waals surface area contributed by atoms with Gasteiger partial charge in [0.05, 0.1) is 11.2 Å². The van der Waals surface area contributed by atoms with Crippen LogP contribution in [0.3, 0.4) is 0 Å². The van der Waals surface area contributed by atoms with Crippen molar-refractivity contribution in [1.82, 2.24) is 4.90 Å². The molecule has 1 aliphatic rings. The second kappa shape index (κ2) is 5.04. The van der Waals surface area contributed by atoms with Gasteiger partial charge in [-0.2, -0.15) is 0 Å². The molecule has 0 saturated carbocycles. The SMILES string of the molecule is CC1(O)CCCN(C(=O)c2ccc3ccccc3c2O)C1. The van der Waals surface area contributed by atoms with Crippen molar-refractivity contribution >= 4 is 16.7 Å². The molecule has 1 fully saturated rings. The molecule has 1 atom stereocenters. The second-order valence-electron chi connectivity index (χ2n) is 6.01. The summed E-state index contributed by atoms with van der Waals surface area (Å²) in [5, 5.41) is 22.1. The van der Waals surface area contributed by atoms with Crippen molar-refractivity contribution in [3.8, 4) is 5.75 Å².